The highest BCUT2D eigenvalue weighted by Crippen LogP contribution is 2.15. The van der Waals surface area contributed by atoms with E-state index >= 15 is 0 Å². The summed E-state index contributed by atoms with van der Waals surface area (Å²) in [6, 6.07) is 10.6. The number of rotatable bonds is 5. The van der Waals surface area contributed by atoms with Gasteiger partial charge in [0.15, 0.2) is 5.96 Å². The molecule has 6 heteroatoms. The first-order valence-corrected chi connectivity index (χ1v) is 9.08. The van der Waals surface area contributed by atoms with Crippen molar-refractivity contribution >= 4 is 11.6 Å². The first-order valence-electron chi connectivity index (χ1n) is 9.08. The van der Waals surface area contributed by atoms with Gasteiger partial charge in [-0.15, -0.1) is 0 Å². The van der Waals surface area contributed by atoms with Crippen molar-refractivity contribution in [1.82, 2.24) is 20.0 Å². The summed E-state index contributed by atoms with van der Waals surface area (Å²) in [7, 11) is 0. The van der Waals surface area contributed by atoms with Crippen LogP contribution in [0.1, 0.15) is 12.5 Å². The fraction of sp³-hybridized carbons (Fsp3) is 0.474. The lowest BCUT2D eigenvalue weighted by molar-refractivity contribution is 0.372. The number of aromatic nitrogens is 2. The largest absolute Gasteiger partial charge is 0.368 e. The van der Waals surface area contributed by atoms with Crippen molar-refractivity contribution in [1.29, 1.82) is 0 Å². The quantitative estimate of drug-likeness (QED) is 0.668. The fourth-order valence-electron chi connectivity index (χ4n) is 3.09. The fourth-order valence-corrected chi connectivity index (χ4v) is 3.09. The van der Waals surface area contributed by atoms with E-state index in [4.69, 9.17) is 4.99 Å². The van der Waals surface area contributed by atoms with Gasteiger partial charge >= 0.3 is 0 Å². The number of para-hydroxylation sites is 1. The summed E-state index contributed by atoms with van der Waals surface area (Å²) in [6.07, 6.45) is 3.94. The number of nitrogens with zero attached hydrogens (tertiary/aromatic N) is 5. The Bertz CT molecular complexity index is 670. The molecule has 2 heterocycles. The van der Waals surface area contributed by atoms with Crippen molar-refractivity contribution < 1.29 is 0 Å². The summed E-state index contributed by atoms with van der Waals surface area (Å²) in [5.41, 5.74) is 2.49. The maximum atomic E-state index is 4.79. The Morgan fingerprint density at radius 2 is 1.92 bits per heavy atom. The number of nitrogens with one attached hydrogen (secondary N) is 1. The molecule has 0 atom stereocenters. The molecule has 1 aromatic heterocycles. The molecule has 1 fully saturated rings. The van der Waals surface area contributed by atoms with Crippen LogP contribution in [-0.4, -0.2) is 59.9 Å². The highest BCUT2D eigenvalue weighted by atomic mass is 15.4. The second kappa shape index (κ2) is 8.55. The van der Waals surface area contributed by atoms with Gasteiger partial charge in [0.2, 0.25) is 0 Å². The molecule has 0 spiro atoms. The van der Waals surface area contributed by atoms with E-state index in [0.29, 0.717) is 0 Å². The molecular formula is C19H28N6. The van der Waals surface area contributed by atoms with Crippen molar-refractivity contribution in [3.63, 3.8) is 0 Å². The van der Waals surface area contributed by atoms with Gasteiger partial charge in [-0.25, -0.2) is 0 Å². The maximum absolute atomic E-state index is 4.79. The topological polar surface area (TPSA) is 48.7 Å². The summed E-state index contributed by atoms with van der Waals surface area (Å²) >= 11 is 0. The summed E-state index contributed by atoms with van der Waals surface area (Å²) in [4.78, 5) is 9.59. The van der Waals surface area contributed by atoms with Crippen LogP contribution in [0.3, 0.4) is 0 Å². The standard InChI is InChI=1S/C19H28N6/c1-3-20-19(21-9-10-25-16-17(2)15-22-25)24-13-11-23(12-14-24)18-7-5-4-6-8-18/h4-8,15-16H,3,9-14H2,1-2H3,(H,20,21). The second-order valence-electron chi connectivity index (χ2n) is 6.33. The van der Waals surface area contributed by atoms with Crippen LogP contribution in [0.4, 0.5) is 5.69 Å². The number of hydrogen-bond donors (Lipinski definition) is 1. The molecule has 0 unspecified atom stereocenters. The smallest absolute Gasteiger partial charge is 0.194 e. The minimum Gasteiger partial charge on any atom is -0.368 e. The van der Waals surface area contributed by atoms with Crippen molar-refractivity contribution in [3.05, 3.63) is 48.3 Å². The minimum atomic E-state index is 0.738. The van der Waals surface area contributed by atoms with E-state index in [0.717, 1.165) is 51.8 Å². The molecule has 0 aliphatic carbocycles. The van der Waals surface area contributed by atoms with Crippen LogP contribution in [0.25, 0.3) is 0 Å². The second-order valence-corrected chi connectivity index (χ2v) is 6.33. The Kier molecular flexibility index (Phi) is 5.93. The van der Waals surface area contributed by atoms with Crippen LogP contribution >= 0.6 is 0 Å². The lowest BCUT2D eigenvalue weighted by Gasteiger charge is -2.37. The molecule has 0 amide bonds. The molecule has 0 bridgehead atoms. The molecule has 1 saturated heterocycles. The summed E-state index contributed by atoms with van der Waals surface area (Å²) in [5.74, 6) is 1.01. The van der Waals surface area contributed by atoms with Crippen LogP contribution in [0.15, 0.2) is 47.7 Å². The van der Waals surface area contributed by atoms with Gasteiger partial charge in [0.25, 0.3) is 0 Å². The lowest BCUT2D eigenvalue weighted by Crippen LogP contribution is -2.52. The van der Waals surface area contributed by atoms with Crippen LogP contribution < -0.4 is 10.2 Å². The number of piperazine rings is 1. The molecule has 0 saturated carbocycles. The van der Waals surface area contributed by atoms with Crippen molar-refractivity contribution in [3.8, 4) is 0 Å². The van der Waals surface area contributed by atoms with Crippen molar-refractivity contribution in [2.45, 2.75) is 20.4 Å². The normalized spacial score (nSPS) is 15.5. The van der Waals surface area contributed by atoms with Crippen molar-refractivity contribution in [2.75, 3.05) is 44.2 Å². The number of aryl methyl sites for hydroxylation is 1. The Morgan fingerprint density at radius 3 is 2.56 bits per heavy atom. The molecule has 25 heavy (non-hydrogen) atoms. The van der Waals surface area contributed by atoms with E-state index in [1.165, 1.54) is 11.3 Å². The van der Waals surface area contributed by atoms with Crippen LogP contribution in [0.5, 0.6) is 0 Å². The van der Waals surface area contributed by atoms with Gasteiger partial charge in [-0.1, -0.05) is 18.2 Å². The molecule has 1 N–H and O–H groups in total. The van der Waals surface area contributed by atoms with Crippen LogP contribution in [0.2, 0.25) is 0 Å². The number of anilines is 1. The number of aliphatic imine (C=N–C) groups is 1. The predicted octanol–water partition coefficient (Wildman–Crippen LogP) is 1.98. The van der Waals surface area contributed by atoms with Gasteiger partial charge in [0, 0.05) is 44.6 Å². The molecule has 1 aliphatic rings. The minimum absolute atomic E-state index is 0.738. The summed E-state index contributed by atoms with van der Waals surface area (Å²) in [5, 5.41) is 7.75. The highest BCUT2D eigenvalue weighted by Gasteiger charge is 2.19. The SMILES string of the molecule is CCNC(=NCCn1cc(C)cn1)N1CCN(c2ccccc2)CC1. The zero-order valence-electron chi connectivity index (χ0n) is 15.2. The van der Waals surface area contributed by atoms with Gasteiger partial charge in [0.1, 0.15) is 0 Å². The first kappa shape index (κ1) is 17.3. The maximum Gasteiger partial charge on any atom is 0.194 e. The number of hydrogen-bond acceptors (Lipinski definition) is 3. The molecule has 1 aromatic carbocycles. The highest BCUT2D eigenvalue weighted by molar-refractivity contribution is 5.80. The van der Waals surface area contributed by atoms with Crippen molar-refractivity contribution in [2.24, 2.45) is 4.99 Å². The third-order valence-electron chi connectivity index (χ3n) is 4.39. The molecule has 2 aromatic rings. The predicted molar refractivity (Wildman–Crippen MR) is 103 cm³/mol. The molecule has 1 aliphatic heterocycles. The van der Waals surface area contributed by atoms with Gasteiger partial charge in [-0.3, -0.25) is 9.67 Å². The van der Waals surface area contributed by atoms with Crippen LogP contribution in [0, 0.1) is 6.92 Å². The molecule has 6 nitrogen and oxygen atoms in total. The third kappa shape index (κ3) is 4.75. The monoisotopic (exact) mass is 340 g/mol. The van der Waals surface area contributed by atoms with Gasteiger partial charge < -0.3 is 15.1 Å². The Morgan fingerprint density at radius 1 is 1.16 bits per heavy atom. The molecule has 0 radical (unpaired) electrons. The molecule has 3 rings (SSSR count). The average Bonchev–Trinajstić information content (AvgIpc) is 3.07. The summed E-state index contributed by atoms with van der Waals surface area (Å²) < 4.78 is 1.95. The third-order valence-corrected chi connectivity index (χ3v) is 4.39. The number of benzene rings is 1. The number of guanidine groups is 1. The summed E-state index contributed by atoms with van der Waals surface area (Å²) in [6.45, 7) is 10.6. The lowest BCUT2D eigenvalue weighted by atomic mass is 10.2. The van der Waals surface area contributed by atoms with E-state index in [9.17, 15) is 0 Å². The van der Waals surface area contributed by atoms with E-state index < -0.39 is 0 Å². The molecule has 134 valence electrons. The zero-order valence-corrected chi connectivity index (χ0v) is 15.2. The Balaban J connectivity index is 1.55. The van der Waals surface area contributed by atoms with Gasteiger partial charge in [-0.2, -0.15) is 5.10 Å². The van der Waals surface area contributed by atoms with E-state index in [-0.39, 0.29) is 0 Å². The van der Waals surface area contributed by atoms with E-state index in [1.54, 1.807) is 0 Å². The van der Waals surface area contributed by atoms with E-state index in [1.807, 2.05) is 10.9 Å². The van der Waals surface area contributed by atoms with Gasteiger partial charge in [0.05, 0.1) is 19.3 Å². The zero-order chi connectivity index (χ0) is 17.5. The van der Waals surface area contributed by atoms with Gasteiger partial charge in [-0.05, 0) is 31.5 Å². The Labute approximate surface area is 150 Å². The van der Waals surface area contributed by atoms with E-state index in [2.05, 4.69) is 70.6 Å². The molecular weight excluding hydrogens is 312 g/mol. The Hall–Kier alpha value is -2.50. The average molecular weight is 340 g/mol. The van der Waals surface area contributed by atoms with Crippen LogP contribution in [-0.2, 0) is 6.54 Å². The first-order chi connectivity index (χ1) is 12.3.